The number of nitrogens with zero attached hydrogens (tertiary/aromatic N) is 2. The van der Waals surface area contributed by atoms with E-state index < -0.39 is 0 Å². The molecule has 2 nitrogen and oxygen atoms in total. The molecule has 49 heavy (non-hydrogen) atoms. The van der Waals surface area contributed by atoms with Crippen molar-refractivity contribution in [2.75, 3.05) is 0 Å². The molecule has 2 aliphatic rings. The van der Waals surface area contributed by atoms with Gasteiger partial charge in [-0.2, -0.15) is 0 Å². The molecule has 7 aromatic carbocycles. The van der Waals surface area contributed by atoms with Crippen LogP contribution in [0.5, 0.6) is 0 Å². The first-order valence-corrected chi connectivity index (χ1v) is 17.7. The standard InChI is InChI=1S/C47H34N2/c1-2-12-31(13-3-1)32-20-22-33(23-21-32)48-43-18-8-5-15-37(43)39-29-40-38-16-6-9-19-44(38)49(46(40)30-45(39)48)34-24-25-36-35-14-4-7-17-41(35)47(42(36)28-34)26-10-11-27-47/h1-9,12-25,28-30H,10-11,26-27H2. The van der Waals surface area contributed by atoms with Gasteiger partial charge >= 0.3 is 0 Å². The average molecular weight is 627 g/mol. The van der Waals surface area contributed by atoms with Crippen molar-refractivity contribution in [1.82, 2.24) is 9.13 Å². The van der Waals surface area contributed by atoms with Gasteiger partial charge in [0, 0.05) is 38.3 Å². The fourth-order valence-electron chi connectivity index (χ4n) is 9.52. The fraction of sp³-hybridized carbons (Fsp3) is 0.106. The van der Waals surface area contributed by atoms with Crippen LogP contribution in [0.3, 0.4) is 0 Å². The Kier molecular flexibility index (Phi) is 5.58. The minimum absolute atomic E-state index is 0.131. The lowest BCUT2D eigenvalue weighted by Gasteiger charge is -2.27. The molecule has 1 saturated carbocycles. The SMILES string of the molecule is c1ccc(-c2ccc(-n3c4ccccc4c4cc5c6ccccc6n(-c6ccc7c(c6)C6(CCCC6)c6ccccc6-7)c5cc43)cc2)cc1. The Labute approximate surface area is 285 Å². The van der Waals surface area contributed by atoms with E-state index in [1.807, 2.05) is 0 Å². The Morgan fingerprint density at radius 3 is 1.63 bits per heavy atom. The van der Waals surface area contributed by atoms with Crippen LogP contribution in [-0.2, 0) is 5.41 Å². The lowest BCUT2D eigenvalue weighted by molar-refractivity contribution is 0.549. The smallest absolute Gasteiger partial charge is 0.0562 e. The normalized spacial score (nSPS) is 14.8. The van der Waals surface area contributed by atoms with E-state index in [0.717, 1.165) is 0 Å². The molecule has 2 aliphatic carbocycles. The van der Waals surface area contributed by atoms with Crippen molar-refractivity contribution in [3.63, 3.8) is 0 Å². The monoisotopic (exact) mass is 626 g/mol. The minimum atomic E-state index is 0.131. The molecule has 0 bridgehead atoms. The molecule has 0 amide bonds. The third-order valence-electron chi connectivity index (χ3n) is 11.7. The first-order chi connectivity index (χ1) is 24.3. The van der Waals surface area contributed by atoms with Gasteiger partial charge in [-0.15, -0.1) is 0 Å². The topological polar surface area (TPSA) is 9.86 Å². The molecule has 0 aliphatic heterocycles. The largest absolute Gasteiger partial charge is 0.309 e. The van der Waals surface area contributed by atoms with E-state index in [1.54, 1.807) is 0 Å². The van der Waals surface area contributed by atoms with E-state index >= 15 is 0 Å². The summed E-state index contributed by atoms with van der Waals surface area (Å²) in [4.78, 5) is 0. The van der Waals surface area contributed by atoms with Gasteiger partial charge in [-0.05, 0) is 94.8 Å². The highest BCUT2D eigenvalue weighted by atomic mass is 15.0. The Morgan fingerprint density at radius 2 is 0.918 bits per heavy atom. The molecular formula is C47H34N2. The van der Waals surface area contributed by atoms with Gasteiger partial charge in [0.15, 0.2) is 0 Å². The highest BCUT2D eigenvalue weighted by Gasteiger charge is 2.45. The molecule has 0 radical (unpaired) electrons. The first-order valence-electron chi connectivity index (χ1n) is 17.7. The number of para-hydroxylation sites is 2. The lowest BCUT2D eigenvalue weighted by Crippen LogP contribution is -2.20. The summed E-state index contributed by atoms with van der Waals surface area (Å²) < 4.78 is 4.98. The molecule has 0 saturated heterocycles. The summed E-state index contributed by atoms with van der Waals surface area (Å²) in [5.41, 5.74) is 15.9. The van der Waals surface area contributed by atoms with Crippen LogP contribution in [0, 0.1) is 0 Å². The van der Waals surface area contributed by atoms with Crippen molar-refractivity contribution >= 4 is 43.6 Å². The van der Waals surface area contributed by atoms with Gasteiger partial charge in [-0.1, -0.05) is 122 Å². The van der Waals surface area contributed by atoms with Crippen LogP contribution < -0.4 is 0 Å². The third kappa shape index (κ3) is 3.72. The van der Waals surface area contributed by atoms with Crippen LogP contribution in [0.2, 0.25) is 0 Å². The number of fused-ring (bicyclic) bond motifs is 11. The fourth-order valence-corrected chi connectivity index (χ4v) is 9.52. The van der Waals surface area contributed by atoms with Crippen molar-refractivity contribution in [3.8, 4) is 33.6 Å². The van der Waals surface area contributed by atoms with Crippen LogP contribution in [0.25, 0.3) is 77.2 Å². The van der Waals surface area contributed by atoms with E-state index in [4.69, 9.17) is 0 Å². The van der Waals surface area contributed by atoms with Gasteiger partial charge in [0.05, 0.1) is 22.1 Å². The van der Waals surface area contributed by atoms with Crippen molar-refractivity contribution in [1.29, 1.82) is 0 Å². The maximum absolute atomic E-state index is 2.54. The van der Waals surface area contributed by atoms with Crippen LogP contribution >= 0.6 is 0 Å². The number of hydrogen-bond acceptors (Lipinski definition) is 0. The Bertz CT molecular complexity index is 2750. The van der Waals surface area contributed by atoms with Crippen molar-refractivity contribution in [2.24, 2.45) is 0 Å². The summed E-state index contributed by atoms with van der Waals surface area (Å²) in [7, 11) is 0. The summed E-state index contributed by atoms with van der Waals surface area (Å²) in [5.74, 6) is 0. The van der Waals surface area contributed by atoms with E-state index in [9.17, 15) is 0 Å². The molecule has 11 rings (SSSR count). The van der Waals surface area contributed by atoms with Crippen LogP contribution in [0.4, 0.5) is 0 Å². The van der Waals surface area contributed by atoms with Crippen molar-refractivity contribution < 1.29 is 0 Å². The third-order valence-corrected chi connectivity index (χ3v) is 11.7. The highest BCUT2D eigenvalue weighted by molar-refractivity contribution is 6.19. The molecule has 0 unspecified atom stereocenters. The predicted octanol–water partition coefficient (Wildman–Crippen LogP) is 12.4. The zero-order valence-electron chi connectivity index (χ0n) is 27.2. The molecule has 2 heteroatoms. The zero-order valence-corrected chi connectivity index (χ0v) is 27.2. The minimum Gasteiger partial charge on any atom is -0.309 e. The van der Waals surface area contributed by atoms with Gasteiger partial charge in [0.25, 0.3) is 0 Å². The second-order valence-corrected chi connectivity index (χ2v) is 14.1. The lowest BCUT2D eigenvalue weighted by atomic mass is 9.77. The summed E-state index contributed by atoms with van der Waals surface area (Å²) >= 11 is 0. The Balaban J connectivity index is 1.17. The molecule has 0 N–H and O–H groups in total. The molecule has 9 aromatic rings. The number of hydrogen-bond donors (Lipinski definition) is 0. The number of aromatic nitrogens is 2. The molecular weight excluding hydrogens is 593 g/mol. The summed E-state index contributed by atoms with van der Waals surface area (Å²) in [6.45, 7) is 0. The van der Waals surface area contributed by atoms with Gasteiger partial charge in [0.1, 0.15) is 0 Å². The Hall–Kier alpha value is -5.86. The van der Waals surface area contributed by atoms with Gasteiger partial charge in [-0.3, -0.25) is 0 Å². The molecule has 1 spiro atoms. The average Bonchev–Trinajstić information content (AvgIpc) is 3.93. The molecule has 0 atom stereocenters. The van der Waals surface area contributed by atoms with Crippen LogP contribution in [-0.4, -0.2) is 9.13 Å². The van der Waals surface area contributed by atoms with E-state index in [1.165, 1.54) is 114 Å². The van der Waals surface area contributed by atoms with E-state index in [0.29, 0.717) is 0 Å². The quantitative estimate of drug-likeness (QED) is 0.185. The second-order valence-electron chi connectivity index (χ2n) is 14.1. The predicted molar refractivity (Wildman–Crippen MR) is 205 cm³/mol. The molecule has 2 heterocycles. The molecule has 2 aromatic heterocycles. The van der Waals surface area contributed by atoms with E-state index in [2.05, 4.69) is 167 Å². The van der Waals surface area contributed by atoms with Gasteiger partial charge in [0.2, 0.25) is 0 Å². The highest BCUT2D eigenvalue weighted by Crippen LogP contribution is 2.57. The van der Waals surface area contributed by atoms with Crippen molar-refractivity contribution in [3.05, 3.63) is 169 Å². The number of benzene rings is 7. The van der Waals surface area contributed by atoms with Crippen LogP contribution in [0.15, 0.2) is 158 Å². The first kappa shape index (κ1) is 27.1. The van der Waals surface area contributed by atoms with Crippen LogP contribution in [0.1, 0.15) is 36.8 Å². The summed E-state index contributed by atoms with van der Waals surface area (Å²) in [6.07, 6.45) is 5.05. The second kappa shape index (κ2) is 10.1. The maximum atomic E-state index is 2.54. The summed E-state index contributed by atoms with van der Waals surface area (Å²) in [5, 5.41) is 5.15. The molecule has 1 fully saturated rings. The van der Waals surface area contributed by atoms with Crippen molar-refractivity contribution in [2.45, 2.75) is 31.1 Å². The number of rotatable bonds is 3. The summed E-state index contributed by atoms with van der Waals surface area (Å²) in [6, 6.07) is 58.9. The van der Waals surface area contributed by atoms with Gasteiger partial charge < -0.3 is 9.13 Å². The molecule has 232 valence electrons. The maximum Gasteiger partial charge on any atom is 0.0562 e. The zero-order chi connectivity index (χ0) is 32.1. The Morgan fingerprint density at radius 1 is 0.367 bits per heavy atom. The van der Waals surface area contributed by atoms with E-state index in [-0.39, 0.29) is 5.41 Å². The van der Waals surface area contributed by atoms with Gasteiger partial charge in [-0.25, -0.2) is 0 Å².